The molecular formula is C80H155N2. The molecule has 485 valence electrons. The van der Waals surface area contributed by atoms with Gasteiger partial charge in [-0.1, -0.05) is 439 Å². The lowest BCUT2D eigenvalue weighted by Gasteiger charge is -2.16. The fourth-order valence-electron chi connectivity index (χ4n) is 13.4. The van der Waals surface area contributed by atoms with Crippen molar-refractivity contribution >= 4 is 0 Å². The summed E-state index contributed by atoms with van der Waals surface area (Å²) in [5.74, 6) is 1.13. The Bertz CT molecular complexity index is 1250. The van der Waals surface area contributed by atoms with Gasteiger partial charge in [-0.15, -0.1) is 0 Å². The minimum absolute atomic E-state index is 0.980. The van der Waals surface area contributed by atoms with Crippen LogP contribution in [0, 0.1) is 6.92 Å². The quantitative estimate of drug-likeness (QED) is 0.0608. The van der Waals surface area contributed by atoms with Gasteiger partial charge in [-0.3, -0.25) is 0 Å². The van der Waals surface area contributed by atoms with Crippen LogP contribution in [0.2, 0.25) is 0 Å². The number of unbranched alkanes of at least 4 members (excludes halogenated alkanes) is 64. The smallest absolute Gasteiger partial charge is 0.128 e. The second-order valence-corrected chi connectivity index (χ2v) is 27.5. The van der Waals surface area contributed by atoms with Crippen LogP contribution in [0.25, 0.3) is 0 Å². The molecule has 0 saturated heterocycles. The molecule has 82 heavy (non-hydrogen) atoms. The van der Waals surface area contributed by atoms with Crippen molar-refractivity contribution in [3.05, 3.63) is 29.7 Å². The van der Waals surface area contributed by atoms with E-state index in [1.54, 1.807) is 5.56 Å². The van der Waals surface area contributed by atoms with Crippen LogP contribution in [0.5, 0.6) is 0 Å². The predicted octanol–water partition coefficient (Wildman–Crippen LogP) is 29.1. The molecule has 0 unspecified atom stereocenters. The van der Waals surface area contributed by atoms with Crippen LogP contribution in [-0.4, -0.2) is 9.97 Å². The van der Waals surface area contributed by atoms with Crippen molar-refractivity contribution in [2.75, 3.05) is 0 Å². The first-order chi connectivity index (χ1) is 40.8. The average Bonchev–Trinajstić information content (AvgIpc) is 3.68. The molecule has 1 rings (SSSR count). The second kappa shape index (κ2) is 69.2. The van der Waals surface area contributed by atoms with Gasteiger partial charge in [0.05, 0.1) is 0 Å². The first-order valence-electron chi connectivity index (χ1n) is 39.4. The third kappa shape index (κ3) is 58.1. The van der Waals surface area contributed by atoms with Gasteiger partial charge in [-0.2, -0.15) is 0 Å². The first kappa shape index (κ1) is 79.1. The maximum atomic E-state index is 5.40. The normalized spacial score (nSPS) is 11.8. The van der Waals surface area contributed by atoms with Crippen LogP contribution in [0.15, 0.2) is 0 Å². The van der Waals surface area contributed by atoms with Crippen LogP contribution in [0.4, 0.5) is 0 Å². The van der Waals surface area contributed by atoms with Gasteiger partial charge in [-0.05, 0) is 50.5 Å². The second-order valence-electron chi connectivity index (χ2n) is 27.5. The molecule has 1 aromatic heterocycles. The fourth-order valence-corrected chi connectivity index (χ4v) is 13.4. The van der Waals surface area contributed by atoms with Crippen molar-refractivity contribution < 1.29 is 0 Å². The summed E-state index contributed by atoms with van der Waals surface area (Å²) in [7, 11) is 0. The molecule has 2 nitrogen and oxygen atoms in total. The highest BCUT2D eigenvalue weighted by atomic mass is 14.9. The largest absolute Gasteiger partial charge is 0.238 e. The molecule has 0 aromatic carbocycles. The highest BCUT2D eigenvalue weighted by Gasteiger charge is 2.15. The Balaban J connectivity index is 2.42. The zero-order chi connectivity index (χ0) is 58.6. The van der Waals surface area contributed by atoms with Gasteiger partial charge < -0.3 is 0 Å². The summed E-state index contributed by atoms with van der Waals surface area (Å²) in [4.78, 5) is 10.8. The Morgan fingerprint density at radius 1 is 0.183 bits per heavy atom. The van der Waals surface area contributed by atoms with E-state index in [1.165, 1.54) is 454 Å². The molecule has 0 spiro atoms. The van der Waals surface area contributed by atoms with E-state index in [0.717, 1.165) is 25.1 Å². The van der Waals surface area contributed by atoms with E-state index in [1.807, 2.05) is 0 Å². The van der Waals surface area contributed by atoms with Gasteiger partial charge in [0.2, 0.25) is 0 Å². The molecule has 1 heterocycles. The van der Waals surface area contributed by atoms with Crippen LogP contribution in [0.1, 0.15) is 480 Å². The molecule has 0 aliphatic rings. The minimum atomic E-state index is 0.980. The molecule has 2 heteroatoms. The summed E-state index contributed by atoms with van der Waals surface area (Å²) < 4.78 is 0. The molecule has 0 amide bonds. The Labute approximate surface area is 520 Å². The standard InChI is InChI=1S/C80H155N2/c1-5-9-13-16-19-22-25-28-31-34-37-40-43-46-49-52-55-58-61-64-67-70-73-77-78(74-71-68-65-62-59-56-53-50-47-44-41-38-35-32-29-26-23-20-17-14-10-6-2)81-80(76-12-8-4)82-79(77)75-72-69-66-63-60-57-54-51-48-45-42-39-36-33-30-27-24-21-18-15-11-7-3/h4-76H2,1-3H3. The van der Waals surface area contributed by atoms with Crippen molar-refractivity contribution in [3.63, 3.8) is 0 Å². The zero-order valence-electron chi connectivity index (χ0n) is 57.5. The maximum Gasteiger partial charge on any atom is 0.128 e. The van der Waals surface area contributed by atoms with E-state index in [-0.39, 0.29) is 0 Å². The Morgan fingerprint density at radius 2 is 0.341 bits per heavy atom. The van der Waals surface area contributed by atoms with Crippen LogP contribution in [-0.2, 0) is 25.7 Å². The van der Waals surface area contributed by atoms with Crippen LogP contribution < -0.4 is 0 Å². The molecule has 1 radical (unpaired) electrons. The topological polar surface area (TPSA) is 25.8 Å². The van der Waals surface area contributed by atoms with Gasteiger partial charge in [0.1, 0.15) is 5.82 Å². The molecular weight excluding hydrogens is 989 g/mol. The third-order valence-electron chi connectivity index (χ3n) is 19.2. The van der Waals surface area contributed by atoms with E-state index in [2.05, 4.69) is 27.7 Å². The summed E-state index contributed by atoms with van der Waals surface area (Å²) in [6.45, 7) is 11.2. The Morgan fingerprint density at radius 3 is 0.512 bits per heavy atom. The molecule has 1 aromatic rings. The third-order valence-corrected chi connectivity index (χ3v) is 19.2. The van der Waals surface area contributed by atoms with E-state index >= 15 is 0 Å². The summed E-state index contributed by atoms with van der Waals surface area (Å²) >= 11 is 0. The van der Waals surface area contributed by atoms with Crippen molar-refractivity contribution in [3.8, 4) is 0 Å². The van der Waals surface area contributed by atoms with Crippen LogP contribution >= 0.6 is 0 Å². The number of hydrogen-bond acceptors (Lipinski definition) is 2. The molecule has 0 aliphatic heterocycles. The molecule has 0 fully saturated rings. The zero-order valence-corrected chi connectivity index (χ0v) is 57.5. The van der Waals surface area contributed by atoms with E-state index in [9.17, 15) is 0 Å². The van der Waals surface area contributed by atoms with Crippen molar-refractivity contribution in [2.45, 2.75) is 483 Å². The molecule has 0 bridgehead atoms. The van der Waals surface area contributed by atoms with Crippen molar-refractivity contribution in [2.24, 2.45) is 0 Å². The monoisotopic (exact) mass is 1140 g/mol. The number of aryl methyl sites for hydroxylation is 3. The van der Waals surface area contributed by atoms with E-state index in [0.29, 0.717) is 0 Å². The lowest BCUT2D eigenvalue weighted by atomic mass is 9.96. The molecule has 0 saturated carbocycles. The van der Waals surface area contributed by atoms with E-state index < -0.39 is 0 Å². The number of hydrogen-bond donors (Lipinski definition) is 0. The molecule has 0 atom stereocenters. The van der Waals surface area contributed by atoms with Crippen molar-refractivity contribution in [1.29, 1.82) is 0 Å². The first-order valence-corrected chi connectivity index (χ1v) is 39.4. The Hall–Kier alpha value is -0.920. The van der Waals surface area contributed by atoms with Crippen molar-refractivity contribution in [1.82, 2.24) is 9.97 Å². The number of nitrogens with zero attached hydrogens (tertiary/aromatic N) is 2. The van der Waals surface area contributed by atoms with Gasteiger partial charge in [0, 0.05) is 17.8 Å². The molecule has 0 N–H and O–H groups in total. The highest BCUT2D eigenvalue weighted by molar-refractivity contribution is 5.27. The highest BCUT2D eigenvalue weighted by Crippen LogP contribution is 2.24. The van der Waals surface area contributed by atoms with E-state index in [4.69, 9.17) is 9.97 Å². The predicted molar refractivity (Wildman–Crippen MR) is 373 cm³/mol. The fraction of sp³-hybridized carbons (Fsp3) is 0.938. The maximum absolute atomic E-state index is 5.40. The SMILES string of the molecule is [CH2]CCCc1nc(CCCCCCCCCCCCCCCCCCCCCCCC)c(CCCCCCCCCCCCCCCCCCCCCCCC)c(CCCCCCCCCCCCCCCCCCCCCCCC)n1. The summed E-state index contributed by atoms with van der Waals surface area (Å²) in [5, 5.41) is 0. The number of rotatable bonds is 72. The lowest BCUT2D eigenvalue weighted by Crippen LogP contribution is -2.11. The summed E-state index contributed by atoms with van der Waals surface area (Å²) in [5.41, 5.74) is 4.47. The van der Waals surface area contributed by atoms with Gasteiger partial charge in [-0.25, -0.2) is 9.97 Å². The summed E-state index contributed by atoms with van der Waals surface area (Å²) in [6.07, 6.45) is 102. The number of aromatic nitrogens is 2. The van der Waals surface area contributed by atoms with Gasteiger partial charge in [0.15, 0.2) is 0 Å². The van der Waals surface area contributed by atoms with Gasteiger partial charge in [0.25, 0.3) is 0 Å². The minimum Gasteiger partial charge on any atom is -0.238 e. The Kier molecular flexibility index (Phi) is 66.7. The van der Waals surface area contributed by atoms with Crippen LogP contribution in [0.3, 0.4) is 0 Å². The molecule has 0 aliphatic carbocycles. The average molecular weight is 1150 g/mol. The summed E-state index contributed by atoms with van der Waals surface area (Å²) in [6, 6.07) is 0. The lowest BCUT2D eigenvalue weighted by molar-refractivity contribution is 0.517. The van der Waals surface area contributed by atoms with Gasteiger partial charge >= 0.3 is 0 Å².